The number of hydrogen-bond acceptors (Lipinski definition) is 2. The lowest BCUT2D eigenvalue weighted by Crippen LogP contribution is -2.09. The van der Waals surface area contributed by atoms with Gasteiger partial charge >= 0.3 is 5.97 Å². The van der Waals surface area contributed by atoms with Crippen molar-refractivity contribution in [2.24, 2.45) is 0 Å². The topological polar surface area (TPSA) is 54.4 Å². The predicted molar refractivity (Wildman–Crippen MR) is 52.8 cm³/mol. The summed E-state index contributed by atoms with van der Waals surface area (Å²) in [5.74, 6) is -1.29. The number of carboxylic acid groups (broad SMARTS) is 1. The second-order valence-electron chi connectivity index (χ2n) is 2.81. The van der Waals surface area contributed by atoms with E-state index in [0.717, 1.165) is 0 Å². The highest BCUT2D eigenvalue weighted by atomic mass is 35.5. The maximum absolute atomic E-state index is 11.0. The molecule has 0 bridgehead atoms. The molecule has 0 unspecified atom stereocenters. The number of rotatable bonds is 4. The average molecular weight is 213 g/mol. The van der Waals surface area contributed by atoms with E-state index in [4.69, 9.17) is 16.7 Å². The summed E-state index contributed by atoms with van der Waals surface area (Å²) in [4.78, 5) is 21.8. The number of ketones is 1. The first-order valence-electron chi connectivity index (χ1n) is 4.04. The fraction of sp³-hybridized carbons (Fsp3) is 0.200. The van der Waals surface area contributed by atoms with Gasteiger partial charge in [-0.25, -0.2) is 4.79 Å². The van der Waals surface area contributed by atoms with E-state index in [1.807, 2.05) is 0 Å². The first-order chi connectivity index (χ1) is 6.65. The van der Waals surface area contributed by atoms with Crippen molar-refractivity contribution in [2.45, 2.75) is 6.42 Å². The Balaban J connectivity index is 2.95. The zero-order chi connectivity index (χ0) is 10.6. The molecule has 0 saturated heterocycles. The zero-order valence-electron chi connectivity index (χ0n) is 7.37. The molecule has 1 N–H and O–H groups in total. The lowest BCUT2D eigenvalue weighted by molar-refractivity contribution is -0.116. The maximum Gasteiger partial charge on any atom is 0.335 e. The normalized spacial score (nSPS) is 9.79. The van der Waals surface area contributed by atoms with Gasteiger partial charge in [0.1, 0.15) is 0 Å². The van der Waals surface area contributed by atoms with Crippen LogP contribution in [0.4, 0.5) is 0 Å². The number of carbonyl (C=O) groups is 2. The van der Waals surface area contributed by atoms with E-state index in [1.54, 1.807) is 18.2 Å². The van der Waals surface area contributed by atoms with Gasteiger partial charge in [-0.05, 0) is 11.6 Å². The number of hydrogen-bond donors (Lipinski definition) is 1. The van der Waals surface area contributed by atoms with Crippen LogP contribution >= 0.6 is 11.6 Å². The quantitative estimate of drug-likeness (QED) is 0.774. The summed E-state index contributed by atoms with van der Waals surface area (Å²) in [7, 11) is 0. The standard InChI is InChI=1S/C10H9ClO3/c11-6-8(12)5-7-3-1-2-4-9(7)10(13)14/h1-4H,5-6H2,(H,13,14). The van der Waals surface area contributed by atoms with Crippen LogP contribution in [0.5, 0.6) is 0 Å². The van der Waals surface area contributed by atoms with Crippen LogP contribution in [-0.4, -0.2) is 22.7 Å². The van der Waals surface area contributed by atoms with Crippen LogP contribution in [0.2, 0.25) is 0 Å². The van der Waals surface area contributed by atoms with E-state index < -0.39 is 5.97 Å². The van der Waals surface area contributed by atoms with Gasteiger partial charge in [0.05, 0.1) is 11.4 Å². The Morgan fingerprint density at radius 3 is 2.50 bits per heavy atom. The van der Waals surface area contributed by atoms with Gasteiger partial charge in [0.25, 0.3) is 0 Å². The summed E-state index contributed by atoms with van der Waals surface area (Å²) in [6.45, 7) is 0. The molecule has 74 valence electrons. The van der Waals surface area contributed by atoms with E-state index in [-0.39, 0.29) is 23.6 Å². The van der Waals surface area contributed by atoms with Crippen LogP contribution in [0.15, 0.2) is 24.3 Å². The molecule has 0 spiro atoms. The molecule has 0 aliphatic heterocycles. The van der Waals surface area contributed by atoms with Crippen molar-refractivity contribution in [3.63, 3.8) is 0 Å². The molecular formula is C10H9ClO3. The van der Waals surface area contributed by atoms with Gasteiger partial charge in [-0.3, -0.25) is 4.79 Å². The van der Waals surface area contributed by atoms with Crippen LogP contribution in [0, 0.1) is 0 Å². The molecule has 0 aliphatic carbocycles. The highest BCUT2D eigenvalue weighted by Gasteiger charge is 2.11. The summed E-state index contributed by atoms with van der Waals surface area (Å²) in [6.07, 6.45) is 0.0754. The van der Waals surface area contributed by atoms with Crippen LogP contribution in [0.25, 0.3) is 0 Å². The third-order valence-corrected chi connectivity index (χ3v) is 2.08. The highest BCUT2D eigenvalue weighted by molar-refractivity contribution is 6.27. The Morgan fingerprint density at radius 2 is 1.93 bits per heavy atom. The van der Waals surface area contributed by atoms with E-state index in [1.165, 1.54) is 6.07 Å². The molecule has 4 heteroatoms. The molecule has 0 aliphatic rings. The summed E-state index contributed by atoms with van der Waals surface area (Å²) in [5.41, 5.74) is 0.664. The monoisotopic (exact) mass is 212 g/mol. The van der Waals surface area contributed by atoms with Crippen LogP contribution in [-0.2, 0) is 11.2 Å². The van der Waals surface area contributed by atoms with Gasteiger partial charge < -0.3 is 5.11 Å². The molecule has 0 amide bonds. The maximum atomic E-state index is 11.0. The van der Waals surface area contributed by atoms with E-state index in [2.05, 4.69) is 0 Å². The van der Waals surface area contributed by atoms with Crippen molar-refractivity contribution in [1.29, 1.82) is 0 Å². The van der Waals surface area contributed by atoms with Crippen molar-refractivity contribution >= 4 is 23.4 Å². The van der Waals surface area contributed by atoms with Crippen LogP contribution in [0.1, 0.15) is 15.9 Å². The molecule has 1 aromatic rings. The van der Waals surface area contributed by atoms with Gasteiger partial charge in [-0.15, -0.1) is 11.6 Å². The second-order valence-corrected chi connectivity index (χ2v) is 3.08. The molecule has 1 aromatic carbocycles. The molecule has 3 nitrogen and oxygen atoms in total. The predicted octanol–water partition coefficient (Wildman–Crippen LogP) is 1.74. The molecule has 14 heavy (non-hydrogen) atoms. The Hall–Kier alpha value is -1.35. The van der Waals surface area contributed by atoms with Crippen molar-refractivity contribution in [3.8, 4) is 0 Å². The van der Waals surface area contributed by atoms with Gasteiger partial charge in [0, 0.05) is 6.42 Å². The Kier molecular flexibility index (Phi) is 3.65. The Labute approximate surface area is 86.3 Å². The third-order valence-electron chi connectivity index (χ3n) is 1.78. The number of Topliss-reactive ketones (excluding diaryl/α,β-unsaturated/α-hetero) is 1. The minimum atomic E-state index is -1.03. The zero-order valence-corrected chi connectivity index (χ0v) is 8.12. The summed E-state index contributed by atoms with van der Waals surface area (Å²) < 4.78 is 0. The van der Waals surface area contributed by atoms with Crippen molar-refractivity contribution in [3.05, 3.63) is 35.4 Å². The summed E-state index contributed by atoms with van der Waals surface area (Å²) in [5, 5.41) is 8.81. The number of halogens is 1. The second kappa shape index (κ2) is 4.77. The lowest BCUT2D eigenvalue weighted by atomic mass is 10.0. The average Bonchev–Trinajstić information content (AvgIpc) is 2.18. The molecule has 0 atom stereocenters. The van der Waals surface area contributed by atoms with Crippen LogP contribution in [0.3, 0.4) is 0 Å². The molecule has 1 rings (SSSR count). The highest BCUT2D eigenvalue weighted by Crippen LogP contribution is 2.10. The molecule has 0 fully saturated rings. The van der Waals surface area contributed by atoms with Crippen molar-refractivity contribution in [1.82, 2.24) is 0 Å². The SMILES string of the molecule is O=C(CCl)Cc1ccccc1C(=O)O. The van der Waals surface area contributed by atoms with E-state index in [0.29, 0.717) is 5.56 Å². The summed E-state index contributed by atoms with van der Waals surface area (Å²) >= 11 is 5.34. The molecule has 0 heterocycles. The summed E-state index contributed by atoms with van der Waals surface area (Å²) in [6, 6.07) is 6.41. The van der Waals surface area contributed by atoms with Crippen molar-refractivity contribution in [2.75, 3.05) is 5.88 Å². The fourth-order valence-electron chi connectivity index (χ4n) is 1.14. The van der Waals surface area contributed by atoms with E-state index >= 15 is 0 Å². The van der Waals surface area contributed by atoms with Gasteiger partial charge in [0.15, 0.2) is 5.78 Å². The molecule has 0 radical (unpaired) electrons. The molecular weight excluding hydrogens is 204 g/mol. The van der Waals surface area contributed by atoms with Gasteiger partial charge in [0.2, 0.25) is 0 Å². The molecule has 0 aromatic heterocycles. The third kappa shape index (κ3) is 2.57. The number of benzene rings is 1. The number of carbonyl (C=O) groups excluding carboxylic acids is 1. The first kappa shape index (κ1) is 10.7. The number of carboxylic acids is 1. The minimum absolute atomic E-state index is 0.0754. The minimum Gasteiger partial charge on any atom is -0.478 e. The molecule has 0 saturated carbocycles. The number of aromatic carboxylic acids is 1. The number of alkyl halides is 1. The fourth-order valence-corrected chi connectivity index (χ4v) is 1.24. The van der Waals surface area contributed by atoms with Gasteiger partial charge in [-0.2, -0.15) is 0 Å². The van der Waals surface area contributed by atoms with E-state index in [9.17, 15) is 9.59 Å². The largest absolute Gasteiger partial charge is 0.478 e. The smallest absolute Gasteiger partial charge is 0.335 e. The van der Waals surface area contributed by atoms with Gasteiger partial charge in [-0.1, -0.05) is 18.2 Å². The Morgan fingerprint density at radius 1 is 1.29 bits per heavy atom. The lowest BCUT2D eigenvalue weighted by Gasteiger charge is -2.02. The van der Waals surface area contributed by atoms with Crippen LogP contribution < -0.4 is 0 Å². The Bertz CT molecular complexity index is 360. The first-order valence-corrected chi connectivity index (χ1v) is 4.57. The van der Waals surface area contributed by atoms with Crippen molar-refractivity contribution < 1.29 is 14.7 Å².